The number of aliphatic carboxylic acids is 1. The van der Waals surface area contributed by atoms with Crippen molar-refractivity contribution in [3.63, 3.8) is 0 Å². The quantitative estimate of drug-likeness (QED) is 0.828. The van der Waals surface area contributed by atoms with E-state index in [1.54, 1.807) is 0 Å². The number of carboxylic acid groups (broad SMARTS) is 1. The number of benzene rings is 1. The molecule has 1 aromatic carbocycles. The van der Waals surface area contributed by atoms with Crippen molar-refractivity contribution in [2.24, 2.45) is 11.8 Å². The molecule has 0 aromatic heterocycles. The Kier molecular flexibility index (Phi) is 5.88. The first-order valence-electron chi connectivity index (χ1n) is 6.20. The van der Waals surface area contributed by atoms with E-state index < -0.39 is 5.97 Å². The Morgan fingerprint density at radius 1 is 1.58 bits per heavy atom. The fourth-order valence-electron chi connectivity index (χ4n) is 2.52. The molecular formula is C15H18ClNO2. The van der Waals surface area contributed by atoms with Crippen molar-refractivity contribution >= 4 is 18.4 Å². The van der Waals surface area contributed by atoms with Crippen molar-refractivity contribution in [1.29, 1.82) is 0 Å². The van der Waals surface area contributed by atoms with Crippen molar-refractivity contribution in [2.75, 3.05) is 13.1 Å². The molecule has 0 aliphatic carbocycles. The number of halogens is 1. The van der Waals surface area contributed by atoms with E-state index in [-0.39, 0.29) is 24.2 Å². The van der Waals surface area contributed by atoms with Gasteiger partial charge in [0.05, 0.1) is 5.92 Å². The van der Waals surface area contributed by atoms with Crippen molar-refractivity contribution in [3.05, 3.63) is 35.4 Å². The van der Waals surface area contributed by atoms with E-state index >= 15 is 0 Å². The van der Waals surface area contributed by atoms with Crippen LogP contribution in [0.4, 0.5) is 0 Å². The zero-order chi connectivity index (χ0) is 13.0. The van der Waals surface area contributed by atoms with Gasteiger partial charge in [0.1, 0.15) is 0 Å². The average Bonchev–Trinajstić information content (AvgIpc) is 2.89. The van der Waals surface area contributed by atoms with Crippen LogP contribution >= 0.6 is 12.4 Å². The Morgan fingerprint density at radius 2 is 2.37 bits per heavy atom. The van der Waals surface area contributed by atoms with Gasteiger partial charge in [-0.3, -0.25) is 4.79 Å². The van der Waals surface area contributed by atoms with Crippen molar-refractivity contribution in [2.45, 2.75) is 12.8 Å². The van der Waals surface area contributed by atoms with Crippen LogP contribution in [-0.2, 0) is 11.2 Å². The maximum Gasteiger partial charge on any atom is 0.307 e. The van der Waals surface area contributed by atoms with Crippen LogP contribution in [-0.4, -0.2) is 24.2 Å². The van der Waals surface area contributed by atoms with Gasteiger partial charge in [-0.2, -0.15) is 0 Å². The Hall–Kier alpha value is -1.50. The maximum absolute atomic E-state index is 11.4. The molecule has 3 nitrogen and oxygen atoms in total. The first kappa shape index (κ1) is 15.6. The molecule has 2 atom stereocenters. The summed E-state index contributed by atoms with van der Waals surface area (Å²) in [5.41, 5.74) is 1.81. The van der Waals surface area contributed by atoms with Crippen LogP contribution in [0.2, 0.25) is 0 Å². The molecule has 0 radical (unpaired) electrons. The summed E-state index contributed by atoms with van der Waals surface area (Å²) in [5.74, 6) is 1.76. The highest BCUT2D eigenvalue weighted by Gasteiger charge is 2.30. The number of carboxylic acids is 1. The van der Waals surface area contributed by atoms with Crippen LogP contribution < -0.4 is 5.32 Å². The molecule has 0 bridgehead atoms. The molecule has 1 aliphatic rings. The standard InChI is InChI=1S/C15H17NO2.ClH/c1-2-11-4-3-5-12(8-11)9-14(15(17)18)13-6-7-16-10-13;/h1,3-5,8,13-14,16H,6-7,9-10H2,(H,17,18);1H/t13-,14?;/m0./s1. The molecule has 102 valence electrons. The number of rotatable bonds is 4. The van der Waals surface area contributed by atoms with Gasteiger partial charge in [-0.25, -0.2) is 0 Å². The monoisotopic (exact) mass is 279 g/mol. The van der Waals surface area contributed by atoms with Crippen LogP contribution in [0, 0.1) is 24.2 Å². The fraction of sp³-hybridized carbons (Fsp3) is 0.400. The molecule has 4 heteroatoms. The van der Waals surface area contributed by atoms with Crippen LogP contribution in [0.15, 0.2) is 24.3 Å². The summed E-state index contributed by atoms with van der Waals surface area (Å²) in [7, 11) is 0. The van der Waals surface area contributed by atoms with Crippen LogP contribution in [0.3, 0.4) is 0 Å². The van der Waals surface area contributed by atoms with Crippen LogP contribution in [0.1, 0.15) is 17.5 Å². The highest BCUT2D eigenvalue weighted by Crippen LogP contribution is 2.23. The smallest absolute Gasteiger partial charge is 0.307 e. The van der Waals surface area contributed by atoms with Crippen molar-refractivity contribution in [3.8, 4) is 12.3 Å². The Balaban J connectivity index is 0.00000180. The second-order valence-electron chi connectivity index (χ2n) is 4.75. The van der Waals surface area contributed by atoms with E-state index in [1.165, 1.54) is 0 Å². The van der Waals surface area contributed by atoms with E-state index in [4.69, 9.17) is 6.42 Å². The number of hydrogen-bond donors (Lipinski definition) is 2. The van der Waals surface area contributed by atoms with Gasteiger partial charge in [0, 0.05) is 5.56 Å². The molecule has 0 spiro atoms. The number of carbonyl (C=O) groups is 1. The SMILES string of the molecule is C#Cc1cccc(CC(C(=O)O)[C@H]2CCNC2)c1.Cl. The molecule has 1 saturated heterocycles. The molecule has 0 amide bonds. The van der Waals surface area contributed by atoms with Gasteiger partial charge in [0.25, 0.3) is 0 Å². The summed E-state index contributed by atoms with van der Waals surface area (Å²) in [6.07, 6.45) is 6.84. The molecule has 1 fully saturated rings. The highest BCUT2D eigenvalue weighted by atomic mass is 35.5. The highest BCUT2D eigenvalue weighted by molar-refractivity contribution is 5.85. The van der Waals surface area contributed by atoms with Crippen LogP contribution in [0.25, 0.3) is 0 Å². The lowest BCUT2D eigenvalue weighted by Gasteiger charge is -2.18. The van der Waals surface area contributed by atoms with Gasteiger partial charge in [-0.15, -0.1) is 18.8 Å². The van der Waals surface area contributed by atoms with Gasteiger partial charge in [-0.1, -0.05) is 18.1 Å². The normalized spacial score (nSPS) is 19.2. The number of terminal acetylenes is 1. The zero-order valence-electron chi connectivity index (χ0n) is 10.6. The van der Waals surface area contributed by atoms with E-state index in [1.807, 2.05) is 24.3 Å². The molecule has 0 saturated carbocycles. The topological polar surface area (TPSA) is 49.3 Å². The van der Waals surface area contributed by atoms with E-state index in [0.29, 0.717) is 6.42 Å². The summed E-state index contributed by atoms with van der Waals surface area (Å²) in [4.78, 5) is 11.4. The Labute approximate surface area is 119 Å². The summed E-state index contributed by atoms with van der Waals surface area (Å²) in [5, 5.41) is 12.6. The third kappa shape index (κ3) is 3.99. The minimum absolute atomic E-state index is 0. The van der Waals surface area contributed by atoms with E-state index in [9.17, 15) is 9.90 Å². The number of hydrogen-bond acceptors (Lipinski definition) is 2. The molecule has 19 heavy (non-hydrogen) atoms. The molecule has 1 aromatic rings. The van der Waals surface area contributed by atoms with Crippen molar-refractivity contribution in [1.82, 2.24) is 5.32 Å². The van der Waals surface area contributed by atoms with Gasteiger partial charge in [-0.05, 0) is 49.5 Å². The third-order valence-corrected chi connectivity index (χ3v) is 3.53. The lowest BCUT2D eigenvalue weighted by molar-refractivity contribution is -0.143. The number of nitrogens with one attached hydrogen (secondary N) is 1. The van der Waals surface area contributed by atoms with E-state index in [0.717, 1.165) is 30.6 Å². The molecular weight excluding hydrogens is 262 g/mol. The predicted molar refractivity (Wildman–Crippen MR) is 77.4 cm³/mol. The molecule has 1 heterocycles. The first-order valence-corrected chi connectivity index (χ1v) is 6.20. The summed E-state index contributed by atoms with van der Waals surface area (Å²) in [6.45, 7) is 1.71. The van der Waals surface area contributed by atoms with E-state index in [2.05, 4.69) is 11.2 Å². The summed E-state index contributed by atoms with van der Waals surface area (Å²) < 4.78 is 0. The lowest BCUT2D eigenvalue weighted by atomic mass is 9.86. The maximum atomic E-state index is 11.4. The van der Waals surface area contributed by atoms with Gasteiger partial charge in [0.2, 0.25) is 0 Å². The van der Waals surface area contributed by atoms with Gasteiger partial charge >= 0.3 is 5.97 Å². The second kappa shape index (κ2) is 7.18. The van der Waals surface area contributed by atoms with Crippen LogP contribution in [0.5, 0.6) is 0 Å². The third-order valence-electron chi connectivity index (χ3n) is 3.53. The minimum Gasteiger partial charge on any atom is -0.481 e. The Morgan fingerprint density at radius 3 is 2.95 bits per heavy atom. The lowest BCUT2D eigenvalue weighted by Crippen LogP contribution is -2.27. The largest absolute Gasteiger partial charge is 0.481 e. The second-order valence-corrected chi connectivity index (χ2v) is 4.75. The Bertz CT molecular complexity index is 475. The zero-order valence-corrected chi connectivity index (χ0v) is 11.5. The molecule has 1 unspecified atom stereocenters. The summed E-state index contributed by atoms with van der Waals surface area (Å²) >= 11 is 0. The predicted octanol–water partition coefficient (Wildman–Crippen LogP) is 1.94. The molecule has 2 rings (SSSR count). The minimum atomic E-state index is -0.713. The molecule has 2 N–H and O–H groups in total. The van der Waals surface area contributed by atoms with Crippen molar-refractivity contribution < 1.29 is 9.90 Å². The summed E-state index contributed by atoms with van der Waals surface area (Å²) in [6, 6.07) is 7.59. The average molecular weight is 280 g/mol. The first-order chi connectivity index (χ1) is 8.70. The fourth-order valence-corrected chi connectivity index (χ4v) is 2.52. The van der Waals surface area contributed by atoms with Gasteiger partial charge in [0.15, 0.2) is 0 Å². The van der Waals surface area contributed by atoms with Gasteiger partial charge < -0.3 is 10.4 Å². The molecule has 1 aliphatic heterocycles.